The van der Waals surface area contributed by atoms with Gasteiger partial charge in [0.25, 0.3) is 0 Å². The van der Waals surface area contributed by atoms with Gasteiger partial charge in [0.1, 0.15) is 5.82 Å². The van der Waals surface area contributed by atoms with Crippen LogP contribution in [0.2, 0.25) is 0 Å². The lowest BCUT2D eigenvalue weighted by molar-refractivity contribution is 0.101. The van der Waals surface area contributed by atoms with Crippen molar-refractivity contribution in [3.8, 4) is 0 Å². The van der Waals surface area contributed by atoms with E-state index in [4.69, 9.17) is 4.74 Å². The highest BCUT2D eigenvalue weighted by Gasteiger charge is 2.18. The first-order chi connectivity index (χ1) is 9.31. The molecule has 1 aliphatic heterocycles. The monoisotopic (exact) mass is 265 g/mol. The van der Waals surface area contributed by atoms with Crippen LogP contribution in [0.5, 0.6) is 0 Å². The molecule has 0 radical (unpaired) electrons. The van der Waals surface area contributed by atoms with Crippen molar-refractivity contribution in [3.63, 3.8) is 0 Å². The Kier molecular flexibility index (Phi) is 5.86. The van der Waals surface area contributed by atoms with Crippen molar-refractivity contribution < 1.29 is 4.74 Å². The number of aromatic nitrogens is 2. The van der Waals surface area contributed by atoms with E-state index in [9.17, 15) is 0 Å². The Morgan fingerprint density at radius 2 is 2.47 bits per heavy atom. The van der Waals surface area contributed by atoms with Gasteiger partial charge in [0, 0.05) is 26.0 Å². The Morgan fingerprint density at radius 1 is 1.58 bits per heavy atom. The number of rotatable bonds is 8. The van der Waals surface area contributed by atoms with Gasteiger partial charge < -0.3 is 14.6 Å². The summed E-state index contributed by atoms with van der Waals surface area (Å²) in [5.41, 5.74) is 0. The maximum absolute atomic E-state index is 5.69. The molecule has 1 fully saturated rings. The van der Waals surface area contributed by atoms with Crippen molar-refractivity contribution >= 4 is 0 Å². The first kappa shape index (κ1) is 14.5. The lowest BCUT2D eigenvalue weighted by atomic mass is 10.0. The third kappa shape index (κ3) is 4.32. The summed E-state index contributed by atoms with van der Waals surface area (Å²) in [5, 5.41) is 3.61. The minimum atomic E-state index is 0.376. The fourth-order valence-electron chi connectivity index (χ4n) is 2.78. The molecule has 4 nitrogen and oxygen atoms in total. The van der Waals surface area contributed by atoms with Crippen molar-refractivity contribution in [2.45, 2.75) is 57.6 Å². The number of aryl methyl sites for hydroxylation is 1. The molecular weight excluding hydrogens is 238 g/mol. The van der Waals surface area contributed by atoms with Gasteiger partial charge in [0.2, 0.25) is 0 Å². The number of nitrogens with one attached hydrogen (secondary N) is 1. The molecular formula is C15H27N3O. The van der Waals surface area contributed by atoms with Gasteiger partial charge in [-0.1, -0.05) is 6.92 Å². The Bertz CT molecular complexity index is 358. The normalized spacial score (nSPS) is 20.8. The molecule has 4 heteroatoms. The van der Waals surface area contributed by atoms with Crippen LogP contribution in [-0.4, -0.2) is 28.8 Å². The fraction of sp³-hybridized carbons (Fsp3) is 0.800. The molecule has 19 heavy (non-hydrogen) atoms. The Hall–Kier alpha value is -0.870. The summed E-state index contributed by atoms with van der Waals surface area (Å²) in [6, 6.07) is 0.376. The number of hydrogen-bond acceptors (Lipinski definition) is 3. The van der Waals surface area contributed by atoms with E-state index in [2.05, 4.69) is 28.8 Å². The third-order valence-electron chi connectivity index (χ3n) is 3.85. The summed E-state index contributed by atoms with van der Waals surface area (Å²) in [4.78, 5) is 4.49. The van der Waals surface area contributed by atoms with Crippen LogP contribution in [0.15, 0.2) is 12.4 Å². The predicted octanol–water partition coefficient (Wildman–Crippen LogP) is 2.81. The zero-order chi connectivity index (χ0) is 13.5. The largest absolute Gasteiger partial charge is 0.378 e. The lowest BCUT2D eigenvalue weighted by Crippen LogP contribution is -2.25. The zero-order valence-electron chi connectivity index (χ0n) is 12.3. The van der Waals surface area contributed by atoms with Crippen LogP contribution < -0.4 is 5.32 Å². The fourth-order valence-corrected chi connectivity index (χ4v) is 2.78. The topological polar surface area (TPSA) is 39.1 Å². The van der Waals surface area contributed by atoms with Gasteiger partial charge in [-0.15, -0.1) is 0 Å². The van der Waals surface area contributed by atoms with Crippen LogP contribution in [0, 0.1) is 0 Å². The highest BCUT2D eigenvalue weighted by molar-refractivity contribution is 4.98. The average Bonchev–Trinajstić information content (AvgIpc) is 3.05. The molecule has 108 valence electrons. The van der Waals surface area contributed by atoms with Gasteiger partial charge in [-0.25, -0.2) is 4.98 Å². The Labute approximate surface area is 116 Å². The number of imidazole rings is 1. The first-order valence-electron chi connectivity index (χ1n) is 7.63. The predicted molar refractivity (Wildman–Crippen MR) is 77.1 cm³/mol. The maximum Gasteiger partial charge on any atom is 0.125 e. The summed E-state index contributed by atoms with van der Waals surface area (Å²) in [7, 11) is 2.07. The summed E-state index contributed by atoms with van der Waals surface area (Å²) < 4.78 is 7.81. The standard InChI is InChI=1S/C15H27N3O/c1-3-9-16-14(15-17-10-11-18(15)2)8-4-6-13-7-5-12-19-13/h10-11,13-14,16H,3-9,12H2,1-2H3. The first-order valence-corrected chi connectivity index (χ1v) is 7.63. The lowest BCUT2D eigenvalue weighted by Gasteiger charge is -2.19. The SMILES string of the molecule is CCCNC(CCCC1CCCO1)c1nccn1C. The molecule has 1 aliphatic rings. The van der Waals surface area contributed by atoms with E-state index in [1.807, 2.05) is 12.4 Å². The second-order valence-electron chi connectivity index (χ2n) is 5.47. The summed E-state index contributed by atoms with van der Waals surface area (Å²) in [6.07, 6.45) is 11.6. The molecule has 0 spiro atoms. The van der Waals surface area contributed by atoms with E-state index in [0.29, 0.717) is 12.1 Å². The van der Waals surface area contributed by atoms with Crippen LogP contribution in [0.4, 0.5) is 0 Å². The van der Waals surface area contributed by atoms with Gasteiger partial charge in [-0.05, 0) is 45.1 Å². The second-order valence-corrected chi connectivity index (χ2v) is 5.47. The van der Waals surface area contributed by atoms with Crippen LogP contribution in [0.1, 0.15) is 57.3 Å². The molecule has 1 saturated heterocycles. The van der Waals surface area contributed by atoms with E-state index < -0.39 is 0 Å². The summed E-state index contributed by atoms with van der Waals surface area (Å²) >= 11 is 0. The molecule has 2 unspecified atom stereocenters. The number of nitrogens with zero attached hydrogens (tertiary/aromatic N) is 2. The van der Waals surface area contributed by atoms with Gasteiger partial charge in [-0.3, -0.25) is 0 Å². The number of ether oxygens (including phenoxy) is 1. The molecule has 0 amide bonds. The van der Waals surface area contributed by atoms with Crippen molar-refractivity contribution in [2.75, 3.05) is 13.2 Å². The number of hydrogen-bond donors (Lipinski definition) is 1. The third-order valence-corrected chi connectivity index (χ3v) is 3.85. The Morgan fingerprint density at radius 3 is 3.11 bits per heavy atom. The van der Waals surface area contributed by atoms with E-state index >= 15 is 0 Å². The summed E-state index contributed by atoms with van der Waals surface area (Å²) in [6.45, 7) is 4.22. The van der Waals surface area contributed by atoms with Gasteiger partial charge >= 0.3 is 0 Å². The van der Waals surface area contributed by atoms with Crippen molar-refractivity contribution in [3.05, 3.63) is 18.2 Å². The van der Waals surface area contributed by atoms with E-state index in [1.165, 1.54) is 25.7 Å². The van der Waals surface area contributed by atoms with E-state index in [1.54, 1.807) is 0 Å². The molecule has 2 rings (SSSR count). The Balaban J connectivity index is 1.81. The van der Waals surface area contributed by atoms with E-state index in [0.717, 1.165) is 31.8 Å². The van der Waals surface area contributed by atoms with Crippen molar-refractivity contribution in [1.29, 1.82) is 0 Å². The smallest absolute Gasteiger partial charge is 0.125 e. The minimum Gasteiger partial charge on any atom is -0.378 e. The summed E-state index contributed by atoms with van der Waals surface area (Å²) in [5.74, 6) is 1.15. The van der Waals surface area contributed by atoms with E-state index in [-0.39, 0.29) is 0 Å². The molecule has 1 aromatic rings. The zero-order valence-corrected chi connectivity index (χ0v) is 12.3. The molecule has 2 atom stereocenters. The van der Waals surface area contributed by atoms with Crippen LogP contribution in [0.25, 0.3) is 0 Å². The maximum atomic E-state index is 5.69. The average molecular weight is 265 g/mol. The van der Waals surface area contributed by atoms with Gasteiger partial charge in [-0.2, -0.15) is 0 Å². The van der Waals surface area contributed by atoms with Crippen molar-refractivity contribution in [2.24, 2.45) is 7.05 Å². The van der Waals surface area contributed by atoms with Crippen molar-refractivity contribution in [1.82, 2.24) is 14.9 Å². The molecule has 0 aromatic carbocycles. The molecule has 1 aromatic heterocycles. The quantitative estimate of drug-likeness (QED) is 0.785. The van der Waals surface area contributed by atoms with Crippen LogP contribution in [-0.2, 0) is 11.8 Å². The second kappa shape index (κ2) is 7.65. The van der Waals surface area contributed by atoms with Crippen LogP contribution in [0.3, 0.4) is 0 Å². The molecule has 0 aliphatic carbocycles. The molecule has 0 saturated carbocycles. The molecule has 0 bridgehead atoms. The van der Waals surface area contributed by atoms with Crippen LogP contribution >= 0.6 is 0 Å². The van der Waals surface area contributed by atoms with Gasteiger partial charge in [0.15, 0.2) is 0 Å². The highest BCUT2D eigenvalue weighted by Crippen LogP contribution is 2.22. The minimum absolute atomic E-state index is 0.376. The molecule has 1 N–H and O–H groups in total. The van der Waals surface area contributed by atoms with Gasteiger partial charge in [0.05, 0.1) is 12.1 Å². The highest BCUT2D eigenvalue weighted by atomic mass is 16.5. The molecule has 2 heterocycles.